The third-order valence-corrected chi connectivity index (χ3v) is 4.66. The molecular weight excluding hydrogens is 300 g/mol. The average Bonchev–Trinajstić information content (AvgIpc) is 3.23. The van der Waals surface area contributed by atoms with Crippen LogP contribution in [-0.2, 0) is 11.2 Å². The maximum atomic E-state index is 12.2. The van der Waals surface area contributed by atoms with Gasteiger partial charge in [0.15, 0.2) is 0 Å². The van der Waals surface area contributed by atoms with Gasteiger partial charge in [-0.05, 0) is 18.0 Å². The molecule has 1 amide bonds. The lowest BCUT2D eigenvalue weighted by Gasteiger charge is -2.34. The molecule has 118 valence electrons. The molecule has 0 atom stereocenters. The first-order chi connectivity index (χ1) is 10.8. The molecule has 0 aromatic carbocycles. The predicted molar refractivity (Wildman–Crippen MR) is 84.6 cm³/mol. The van der Waals surface area contributed by atoms with E-state index in [1.807, 2.05) is 21.7 Å². The van der Waals surface area contributed by atoms with E-state index < -0.39 is 0 Å². The number of aryl methyl sites for hydroxylation is 1. The van der Waals surface area contributed by atoms with E-state index in [0.717, 1.165) is 38.3 Å². The van der Waals surface area contributed by atoms with Crippen molar-refractivity contribution in [2.45, 2.75) is 19.8 Å². The largest absolute Gasteiger partial charge is 0.340 e. The van der Waals surface area contributed by atoms with Gasteiger partial charge in [-0.1, -0.05) is 12.1 Å². The van der Waals surface area contributed by atoms with Crippen LogP contribution in [0.3, 0.4) is 0 Å². The van der Waals surface area contributed by atoms with E-state index in [-0.39, 0.29) is 5.91 Å². The molecule has 1 saturated heterocycles. The van der Waals surface area contributed by atoms with Gasteiger partial charge in [-0.25, -0.2) is 0 Å². The molecule has 1 fully saturated rings. The molecule has 3 heterocycles. The Morgan fingerprint density at radius 2 is 2.18 bits per heavy atom. The van der Waals surface area contributed by atoms with Gasteiger partial charge in [0, 0.05) is 50.0 Å². The lowest BCUT2D eigenvalue weighted by Crippen LogP contribution is -2.48. The quantitative estimate of drug-likeness (QED) is 0.842. The van der Waals surface area contributed by atoms with Crippen LogP contribution in [0.15, 0.2) is 21.3 Å². The Labute approximate surface area is 133 Å². The van der Waals surface area contributed by atoms with E-state index in [1.165, 1.54) is 0 Å². The molecule has 1 aliphatic rings. The third-order valence-electron chi connectivity index (χ3n) is 3.97. The van der Waals surface area contributed by atoms with Crippen LogP contribution in [0.5, 0.6) is 0 Å². The van der Waals surface area contributed by atoms with Crippen molar-refractivity contribution < 1.29 is 9.32 Å². The lowest BCUT2D eigenvalue weighted by molar-refractivity contribution is -0.132. The lowest BCUT2D eigenvalue weighted by atomic mass is 10.2. The normalized spacial score (nSPS) is 16.1. The highest BCUT2D eigenvalue weighted by molar-refractivity contribution is 7.08. The highest BCUT2D eigenvalue weighted by atomic mass is 32.1. The first kappa shape index (κ1) is 15.2. The highest BCUT2D eigenvalue weighted by Gasteiger charge is 2.20. The molecule has 0 bridgehead atoms. The van der Waals surface area contributed by atoms with Crippen molar-refractivity contribution in [3.05, 3.63) is 22.7 Å². The van der Waals surface area contributed by atoms with Crippen LogP contribution in [0, 0.1) is 0 Å². The fraction of sp³-hybridized carbons (Fsp3) is 0.533. The number of amides is 1. The van der Waals surface area contributed by atoms with Gasteiger partial charge in [-0.2, -0.15) is 16.3 Å². The van der Waals surface area contributed by atoms with E-state index in [2.05, 4.69) is 22.0 Å². The van der Waals surface area contributed by atoms with Gasteiger partial charge >= 0.3 is 0 Å². The van der Waals surface area contributed by atoms with Crippen LogP contribution in [0.1, 0.15) is 19.2 Å². The second-order valence-corrected chi connectivity index (χ2v) is 6.12. The molecule has 2 aromatic rings. The molecule has 2 aromatic heterocycles. The molecule has 22 heavy (non-hydrogen) atoms. The highest BCUT2D eigenvalue weighted by Crippen LogP contribution is 2.19. The topological polar surface area (TPSA) is 62.5 Å². The number of thiophene rings is 1. The van der Waals surface area contributed by atoms with Crippen LogP contribution < -0.4 is 0 Å². The van der Waals surface area contributed by atoms with Crippen molar-refractivity contribution in [3.63, 3.8) is 0 Å². The zero-order valence-corrected chi connectivity index (χ0v) is 13.5. The SMILES string of the molecule is CCN1CCN(C(=O)CCc2nc(-c3ccsc3)no2)CC1. The Kier molecular flexibility index (Phi) is 4.84. The molecule has 0 radical (unpaired) electrons. The third kappa shape index (κ3) is 3.53. The summed E-state index contributed by atoms with van der Waals surface area (Å²) in [4.78, 5) is 20.9. The summed E-state index contributed by atoms with van der Waals surface area (Å²) in [5.74, 6) is 1.30. The fourth-order valence-electron chi connectivity index (χ4n) is 2.55. The molecule has 0 aliphatic carbocycles. The number of rotatable bonds is 5. The van der Waals surface area contributed by atoms with Crippen LogP contribution in [0.2, 0.25) is 0 Å². The van der Waals surface area contributed by atoms with Crippen LogP contribution in [0.25, 0.3) is 11.4 Å². The fourth-order valence-corrected chi connectivity index (χ4v) is 3.19. The smallest absolute Gasteiger partial charge is 0.227 e. The Morgan fingerprint density at radius 1 is 1.36 bits per heavy atom. The second-order valence-electron chi connectivity index (χ2n) is 5.34. The molecule has 0 unspecified atom stereocenters. The van der Waals surface area contributed by atoms with Crippen LogP contribution in [0.4, 0.5) is 0 Å². The van der Waals surface area contributed by atoms with Crippen molar-refractivity contribution in [1.29, 1.82) is 0 Å². The van der Waals surface area contributed by atoms with Crippen molar-refractivity contribution in [2.24, 2.45) is 0 Å². The summed E-state index contributed by atoms with van der Waals surface area (Å²) in [6, 6.07) is 1.96. The number of hydrogen-bond acceptors (Lipinski definition) is 6. The van der Waals surface area contributed by atoms with Crippen molar-refractivity contribution in [3.8, 4) is 11.4 Å². The maximum Gasteiger partial charge on any atom is 0.227 e. The molecule has 0 N–H and O–H groups in total. The number of carbonyl (C=O) groups excluding carboxylic acids is 1. The number of aromatic nitrogens is 2. The maximum absolute atomic E-state index is 12.2. The average molecular weight is 320 g/mol. The molecule has 1 aliphatic heterocycles. The summed E-state index contributed by atoms with van der Waals surface area (Å²) >= 11 is 1.60. The summed E-state index contributed by atoms with van der Waals surface area (Å²) in [5, 5.41) is 7.92. The Hall–Kier alpha value is -1.73. The van der Waals surface area contributed by atoms with Gasteiger partial charge in [0.1, 0.15) is 0 Å². The first-order valence-electron chi connectivity index (χ1n) is 7.61. The molecule has 7 heteroatoms. The Balaban J connectivity index is 1.49. The van der Waals surface area contributed by atoms with E-state index in [4.69, 9.17) is 4.52 Å². The molecule has 0 spiro atoms. The van der Waals surface area contributed by atoms with Gasteiger partial charge in [-0.3, -0.25) is 4.79 Å². The predicted octanol–water partition coefficient (Wildman–Crippen LogP) is 1.89. The van der Waals surface area contributed by atoms with Crippen LogP contribution in [-0.4, -0.2) is 58.6 Å². The number of likely N-dealkylation sites (N-methyl/N-ethyl adjacent to an activating group) is 1. The molecule has 3 rings (SSSR count). The van der Waals surface area contributed by atoms with Crippen LogP contribution >= 0.6 is 11.3 Å². The molecule has 0 saturated carbocycles. The van der Waals surface area contributed by atoms with E-state index in [0.29, 0.717) is 24.6 Å². The number of carbonyl (C=O) groups is 1. The van der Waals surface area contributed by atoms with Crippen molar-refractivity contribution in [2.75, 3.05) is 32.7 Å². The minimum Gasteiger partial charge on any atom is -0.340 e. The number of nitrogens with zero attached hydrogens (tertiary/aromatic N) is 4. The summed E-state index contributed by atoms with van der Waals surface area (Å²) in [7, 11) is 0. The van der Waals surface area contributed by atoms with Gasteiger partial charge in [0.25, 0.3) is 0 Å². The van der Waals surface area contributed by atoms with Gasteiger partial charge in [-0.15, -0.1) is 0 Å². The van der Waals surface area contributed by atoms with E-state index >= 15 is 0 Å². The number of piperazine rings is 1. The van der Waals surface area contributed by atoms with Gasteiger partial charge < -0.3 is 14.3 Å². The second kappa shape index (κ2) is 7.02. The van der Waals surface area contributed by atoms with Crippen molar-refractivity contribution >= 4 is 17.2 Å². The van der Waals surface area contributed by atoms with E-state index in [1.54, 1.807) is 11.3 Å². The Bertz CT molecular complexity index is 603. The monoisotopic (exact) mass is 320 g/mol. The molecule has 6 nitrogen and oxygen atoms in total. The van der Waals surface area contributed by atoms with E-state index in [9.17, 15) is 4.79 Å². The van der Waals surface area contributed by atoms with Gasteiger partial charge in [0.2, 0.25) is 17.6 Å². The molecular formula is C15H20N4O2S. The summed E-state index contributed by atoms with van der Waals surface area (Å²) in [6.45, 7) is 6.76. The minimum absolute atomic E-state index is 0.172. The van der Waals surface area contributed by atoms with Crippen molar-refractivity contribution in [1.82, 2.24) is 19.9 Å². The van der Waals surface area contributed by atoms with Gasteiger partial charge in [0.05, 0.1) is 0 Å². The summed E-state index contributed by atoms with van der Waals surface area (Å²) in [6.07, 6.45) is 0.932. The Morgan fingerprint density at radius 3 is 2.86 bits per heavy atom. The number of hydrogen-bond donors (Lipinski definition) is 0. The summed E-state index contributed by atoms with van der Waals surface area (Å²) in [5.41, 5.74) is 0.960. The summed E-state index contributed by atoms with van der Waals surface area (Å²) < 4.78 is 5.23. The first-order valence-corrected chi connectivity index (χ1v) is 8.56. The zero-order valence-electron chi connectivity index (χ0n) is 12.7. The minimum atomic E-state index is 0.172. The standard InChI is InChI=1S/C15H20N4O2S/c1-2-18-6-8-19(9-7-18)14(20)4-3-13-16-15(17-21-13)12-5-10-22-11-12/h5,10-11H,2-4,6-9H2,1H3. The zero-order chi connectivity index (χ0) is 15.4.